The summed E-state index contributed by atoms with van der Waals surface area (Å²) in [4.78, 5) is 17.8. The number of benzene rings is 1. The highest BCUT2D eigenvalue weighted by molar-refractivity contribution is 7.99. The van der Waals surface area contributed by atoms with Crippen molar-refractivity contribution in [1.82, 2.24) is 15.5 Å². The van der Waals surface area contributed by atoms with Crippen LogP contribution in [0.25, 0.3) is 0 Å². The van der Waals surface area contributed by atoms with Crippen molar-refractivity contribution in [1.29, 1.82) is 0 Å². The minimum atomic E-state index is -0.468. The fraction of sp³-hybridized carbons (Fsp3) is 0.471. The summed E-state index contributed by atoms with van der Waals surface area (Å²) in [6.45, 7) is 1.77. The lowest BCUT2D eigenvalue weighted by molar-refractivity contribution is -0.122. The van der Waals surface area contributed by atoms with E-state index in [2.05, 4.69) is 15.5 Å². The maximum absolute atomic E-state index is 12.4. The zero-order valence-electron chi connectivity index (χ0n) is 13.5. The van der Waals surface area contributed by atoms with Crippen LogP contribution in [-0.4, -0.2) is 21.8 Å². The van der Waals surface area contributed by atoms with E-state index in [0.717, 1.165) is 35.6 Å². The highest BCUT2D eigenvalue weighted by Crippen LogP contribution is 2.37. The monoisotopic (exact) mass is 365 g/mol. The molecule has 2 aromatic rings. The van der Waals surface area contributed by atoms with Crippen LogP contribution < -0.4 is 5.32 Å². The molecule has 0 radical (unpaired) electrons. The van der Waals surface area contributed by atoms with Gasteiger partial charge in [-0.15, -0.1) is 11.8 Å². The Morgan fingerprint density at radius 2 is 2.12 bits per heavy atom. The van der Waals surface area contributed by atoms with E-state index in [0.29, 0.717) is 23.9 Å². The molecule has 1 N–H and O–H groups in total. The average molecular weight is 366 g/mol. The molecule has 1 aliphatic carbocycles. The zero-order chi connectivity index (χ0) is 17.0. The van der Waals surface area contributed by atoms with Crippen molar-refractivity contribution in [2.24, 2.45) is 0 Å². The fourth-order valence-corrected chi connectivity index (χ4v) is 4.21. The first kappa shape index (κ1) is 17.3. The van der Waals surface area contributed by atoms with E-state index >= 15 is 0 Å². The molecular weight excluding hydrogens is 346 g/mol. The Bertz CT molecular complexity index is 713. The van der Waals surface area contributed by atoms with Crippen molar-refractivity contribution in [3.8, 4) is 0 Å². The molecule has 1 aliphatic rings. The van der Waals surface area contributed by atoms with Crippen LogP contribution in [0.4, 0.5) is 0 Å². The summed E-state index contributed by atoms with van der Waals surface area (Å²) < 4.78 is 5.10. The summed E-state index contributed by atoms with van der Waals surface area (Å²) in [7, 11) is 0. The summed E-state index contributed by atoms with van der Waals surface area (Å²) in [6.07, 6.45) is 4.25. The largest absolute Gasteiger partial charge is 0.343 e. The van der Waals surface area contributed by atoms with E-state index in [4.69, 9.17) is 16.1 Å². The highest BCUT2D eigenvalue weighted by Gasteiger charge is 2.41. The number of nitrogens with zero attached hydrogens (tertiary/aromatic N) is 2. The molecule has 0 aliphatic heterocycles. The first-order chi connectivity index (χ1) is 11.6. The minimum Gasteiger partial charge on any atom is -0.343 e. The van der Waals surface area contributed by atoms with E-state index < -0.39 is 5.54 Å². The molecule has 1 heterocycles. The molecule has 1 amide bonds. The van der Waals surface area contributed by atoms with Gasteiger partial charge in [-0.2, -0.15) is 4.98 Å². The van der Waals surface area contributed by atoms with Crippen LogP contribution in [-0.2, 0) is 10.3 Å². The second-order valence-corrected chi connectivity index (χ2v) is 7.55. The average Bonchev–Trinajstić information content (AvgIpc) is 3.19. The number of carbonyl (C=O) groups is 1. The van der Waals surface area contributed by atoms with Crippen LogP contribution in [0, 0.1) is 6.92 Å². The number of rotatable bonds is 6. The molecule has 0 atom stereocenters. The van der Waals surface area contributed by atoms with Crippen molar-refractivity contribution in [3.63, 3.8) is 0 Å². The fourth-order valence-electron chi connectivity index (χ4n) is 3.02. The van der Waals surface area contributed by atoms with Gasteiger partial charge in [-0.3, -0.25) is 4.79 Å². The topological polar surface area (TPSA) is 68.0 Å². The Labute approximate surface area is 150 Å². The molecule has 128 valence electrons. The van der Waals surface area contributed by atoms with Gasteiger partial charge in [0, 0.05) is 24.0 Å². The number of nitrogens with one attached hydrogen (secondary N) is 1. The number of halogens is 1. The first-order valence-electron chi connectivity index (χ1n) is 8.08. The van der Waals surface area contributed by atoms with Crippen LogP contribution in [0.5, 0.6) is 0 Å². The molecule has 0 saturated heterocycles. The van der Waals surface area contributed by atoms with Crippen LogP contribution >= 0.6 is 23.4 Å². The van der Waals surface area contributed by atoms with Crippen molar-refractivity contribution in [3.05, 3.63) is 41.0 Å². The molecule has 3 rings (SSSR count). The maximum Gasteiger partial charge on any atom is 0.223 e. The van der Waals surface area contributed by atoms with E-state index in [9.17, 15) is 4.79 Å². The number of amides is 1. The van der Waals surface area contributed by atoms with Crippen molar-refractivity contribution >= 4 is 29.3 Å². The van der Waals surface area contributed by atoms with Gasteiger partial charge >= 0.3 is 0 Å². The van der Waals surface area contributed by atoms with E-state index in [1.54, 1.807) is 18.7 Å². The smallest absolute Gasteiger partial charge is 0.223 e. The molecule has 0 bridgehead atoms. The summed E-state index contributed by atoms with van der Waals surface area (Å²) in [5.74, 6) is 1.82. The molecular formula is C17H20ClN3O2S. The molecule has 1 aromatic heterocycles. The summed E-state index contributed by atoms with van der Waals surface area (Å²) in [5, 5.41) is 7.91. The number of aromatic nitrogens is 2. The van der Waals surface area contributed by atoms with Crippen LogP contribution in [0.1, 0.15) is 43.8 Å². The number of aryl methyl sites for hydroxylation is 1. The van der Waals surface area contributed by atoms with Gasteiger partial charge in [0.2, 0.25) is 11.8 Å². The van der Waals surface area contributed by atoms with Gasteiger partial charge < -0.3 is 9.84 Å². The molecule has 0 unspecified atom stereocenters. The third-order valence-corrected chi connectivity index (χ3v) is 5.73. The molecule has 24 heavy (non-hydrogen) atoms. The third kappa shape index (κ3) is 3.92. The number of thioether (sulfide) groups is 1. The molecule has 0 spiro atoms. The predicted molar refractivity (Wildman–Crippen MR) is 94.1 cm³/mol. The Morgan fingerprint density at radius 3 is 2.79 bits per heavy atom. The van der Waals surface area contributed by atoms with E-state index in [1.165, 1.54) is 0 Å². The zero-order valence-corrected chi connectivity index (χ0v) is 15.1. The Morgan fingerprint density at radius 1 is 1.38 bits per heavy atom. The second kappa shape index (κ2) is 7.57. The second-order valence-electron chi connectivity index (χ2n) is 6.00. The SMILES string of the molecule is Cc1nc(C2(NC(=O)CCSc3ccccc3Cl)CCCC2)no1. The van der Waals surface area contributed by atoms with Crippen LogP contribution in [0.2, 0.25) is 5.02 Å². The lowest BCUT2D eigenvalue weighted by Crippen LogP contribution is -2.44. The molecule has 1 fully saturated rings. The summed E-state index contributed by atoms with van der Waals surface area (Å²) >= 11 is 7.72. The minimum absolute atomic E-state index is 0.0129. The van der Waals surface area contributed by atoms with Crippen molar-refractivity contribution in [2.45, 2.75) is 49.5 Å². The standard InChI is InChI=1S/C17H20ClN3O2S/c1-12-19-16(21-23-12)17(9-4-5-10-17)20-15(22)8-11-24-14-7-3-2-6-13(14)18/h2-3,6-7H,4-5,8-11H2,1H3,(H,20,22). The van der Waals surface area contributed by atoms with Gasteiger partial charge in [0.15, 0.2) is 5.82 Å². The van der Waals surface area contributed by atoms with E-state index in [1.807, 2.05) is 24.3 Å². The van der Waals surface area contributed by atoms with Gasteiger partial charge in [-0.1, -0.05) is 41.7 Å². The van der Waals surface area contributed by atoms with Crippen molar-refractivity contribution < 1.29 is 9.32 Å². The Balaban J connectivity index is 1.58. The number of hydrogen-bond donors (Lipinski definition) is 1. The quantitative estimate of drug-likeness (QED) is 0.780. The van der Waals surface area contributed by atoms with Gasteiger partial charge in [-0.05, 0) is 25.0 Å². The highest BCUT2D eigenvalue weighted by atomic mass is 35.5. The third-order valence-electron chi connectivity index (χ3n) is 4.21. The summed E-state index contributed by atoms with van der Waals surface area (Å²) in [6, 6.07) is 7.66. The van der Waals surface area contributed by atoms with E-state index in [-0.39, 0.29) is 5.91 Å². The lowest BCUT2D eigenvalue weighted by Gasteiger charge is -2.26. The van der Waals surface area contributed by atoms with Crippen molar-refractivity contribution in [2.75, 3.05) is 5.75 Å². The van der Waals surface area contributed by atoms with Crippen LogP contribution in [0.3, 0.4) is 0 Å². The predicted octanol–water partition coefficient (Wildman–Crippen LogP) is 4.10. The van der Waals surface area contributed by atoms with Gasteiger partial charge in [0.25, 0.3) is 0 Å². The number of carbonyl (C=O) groups excluding carboxylic acids is 1. The number of hydrogen-bond acceptors (Lipinski definition) is 5. The first-order valence-corrected chi connectivity index (χ1v) is 9.44. The normalized spacial score (nSPS) is 16.2. The molecule has 1 saturated carbocycles. The summed E-state index contributed by atoms with van der Waals surface area (Å²) in [5.41, 5.74) is -0.468. The Hall–Kier alpha value is -1.53. The molecule has 5 nitrogen and oxygen atoms in total. The lowest BCUT2D eigenvalue weighted by atomic mass is 9.96. The van der Waals surface area contributed by atoms with Gasteiger partial charge in [0.1, 0.15) is 5.54 Å². The van der Waals surface area contributed by atoms with Crippen LogP contribution in [0.15, 0.2) is 33.7 Å². The maximum atomic E-state index is 12.4. The van der Waals surface area contributed by atoms with Gasteiger partial charge in [0.05, 0.1) is 5.02 Å². The molecule has 7 heteroatoms. The Kier molecular flexibility index (Phi) is 5.46. The molecule has 1 aromatic carbocycles. The van der Waals surface area contributed by atoms with Gasteiger partial charge in [-0.25, -0.2) is 0 Å².